The van der Waals surface area contributed by atoms with Crippen LogP contribution in [0.5, 0.6) is 0 Å². The summed E-state index contributed by atoms with van der Waals surface area (Å²) in [6, 6.07) is 26.3. The van der Waals surface area contributed by atoms with Crippen molar-refractivity contribution < 1.29 is 33.3 Å². The van der Waals surface area contributed by atoms with Crippen LogP contribution in [0.2, 0.25) is 0 Å². The highest BCUT2D eigenvalue weighted by atomic mass is 16.6. The second kappa shape index (κ2) is 12.6. The summed E-state index contributed by atoms with van der Waals surface area (Å²) in [5.41, 5.74) is 1.65. The van der Waals surface area contributed by atoms with E-state index in [1.807, 2.05) is 12.1 Å². The minimum absolute atomic E-state index is 0.489. The molecular weight excluding hydrogens is 448 g/mol. The lowest BCUT2D eigenvalue weighted by atomic mass is 10.0. The van der Waals surface area contributed by atoms with Crippen LogP contribution < -0.4 is 0 Å². The standard InChI is InChI=1S/C28H28O7/c1-19(29)23(34-27(30)25(32-2)21-15-9-5-10-16-21)24(20-13-7-4-8-14-20)35-28(31)26(33-3)22-17-11-6-12-18-22/h4-18,23-26H,1-3H3/t23-,24+,25-,26-/m1/s1. The molecule has 0 unspecified atom stereocenters. The summed E-state index contributed by atoms with van der Waals surface area (Å²) in [7, 11) is 2.77. The lowest BCUT2D eigenvalue weighted by molar-refractivity contribution is -0.183. The van der Waals surface area contributed by atoms with Gasteiger partial charge in [-0.1, -0.05) is 91.0 Å². The molecule has 3 aromatic rings. The number of methoxy groups -OCH3 is 2. The molecule has 7 nitrogen and oxygen atoms in total. The molecule has 4 atom stereocenters. The highest BCUT2D eigenvalue weighted by Crippen LogP contribution is 2.30. The minimum atomic E-state index is -1.40. The second-order valence-corrected chi connectivity index (χ2v) is 7.79. The molecule has 0 saturated heterocycles. The molecule has 0 bridgehead atoms. The normalized spacial score (nSPS) is 14.3. The van der Waals surface area contributed by atoms with Gasteiger partial charge < -0.3 is 18.9 Å². The minimum Gasteiger partial charge on any atom is -0.451 e. The van der Waals surface area contributed by atoms with Crippen molar-refractivity contribution in [1.82, 2.24) is 0 Å². The van der Waals surface area contributed by atoms with E-state index in [0.717, 1.165) is 0 Å². The molecular formula is C28H28O7. The average molecular weight is 477 g/mol. The molecule has 35 heavy (non-hydrogen) atoms. The number of rotatable bonds is 11. The van der Waals surface area contributed by atoms with Gasteiger partial charge in [0.25, 0.3) is 0 Å². The molecule has 0 radical (unpaired) electrons. The number of benzene rings is 3. The second-order valence-electron chi connectivity index (χ2n) is 7.79. The maximum absolute atomic E-state index is 13.2. The molecule has 0 spiro atoms. The molecule has 0 N–H and O–H groups in total. The number of hydrogen-bond donors (Lipinski definition) is 0. The van der Waals surface area contributed by atoms with Crippen molar-refractivity contribution in [3.05, 3.63) is 108 Å². The Labute approximate surface area is 204 Å². The van der Waals surface area contributed by atoms with Gasteiger partial charge in [-0.25, -0.2) is 9.59 Å². The first kappa shape index (κ1) is 25.8. The number of ether oxygens (including phenoxy) is 4. The molecule has 0 aliphatic rings. The van der Waals surface area contributed by atoms with Crippen LogP contribution in [-0.2, 0) is 33.3 Å². The van der Waals surface area contributed by atoms with Gasteiger partial charge in [-0.15, -0.1) is 0 Å². The Morgan fingerprint density at radius 1 is 0.571 bits per heavy atom. The number of carbonyl (C=O) groups excluding carboxylic acids is 3. The Hall–Kier alpha value is -3.81. The van der Waals surface area contributed by atoms with Gasteiger partial charge >= 0.3 is 11.9 Å². The zero-order chi connectivity index (χ0) is 25.2. The van der Waals surface area contributed by atoms with E-state index >= 15 is 0 Å². The van der Waals surface area contributed by atoms with Gasteiger partial charge in [-0.3, -0.25) is 4.79 Å². The molecule has 182 valence electrons. The van der Waals surface area contributed by atoms with Crippen LogP contribution in [0.1, 0.15) is 41.9 Å². The quantitative estimate of drug-likeness (QED) is 0.375. The summed E-state index contributed by atoms with van der Waals surface area (Å²) in [5.74, 6) is -1.99. The maximum Gasteiger partial charge on any atom is 0.340 e. The van der Waals surface area contributed by atoms with Gasteiger partial charge in [0.2, 0.25) is 6.10 Å². The molecule has 0 heterocycles. The number of esters is 2. The SMILES string of the molecule is CO[C@@H](C(=O)O[C@H](C(C)=O)[C@@H](OC(=O)[C@H](OC)c1ccccc1)c1ccccc1)c1ccccc1. The third-order valence-corrected chi connectivity index (χ3v) is 5.39. The van der Waals surface area contributed by atoms with Crippen molar-refractivity contribution in [3.8, 4) is 0 Å². The van der Waals surface area contributed by atoms with Gasteiger partial charge in [-0.2, -0.15) is 0 Å². The Morgan fingerprint density at radius 2 is 0.943 bits per heavy atom. The van der Waals surface area contributed by atoms with Crippen molar-refractivity contribution in [3.63, 3.8) is 0 Å². The van der Waals surface area contributed by atoms with Gasteiger partial charge in [0.05, 0.1) is 0 Å². The fourth-order valence-electron chi connectivity index (χ4n) is 3.67. The van der Waals surface area contributed by atoms with Gasteiger partial charge in [0.1, 0.15) is 0 Å². The molecule has 0 amide bonds. The van der Waals surface area contributed by atoms with Crippen molar-refractivity contribution in [1.29, 1.82) is 0 Å². The first-order valence-corrected chi connectivity index (χ1v) is 11.1. The molecule has 0 saturated carbocycles. The first-order valence-electron chi connectivity index (χ1n) is 11.1. The Balaban J connectivity index is 1.91. The third kappa shape index (κ3) is 6.62. The fraction of sp³-hybridized carbons (Fsp3) is 0.250. The number of Topliss-reactive ketones (excluding diaryl/α,β-unsaturated/α-hetero) is 1. The van der Waals surface area contributed by atoms with E-state index in [1.165, 1.54) is 21.1 Å². The molecule has 3 aromatic carbocycles. The van der Waals surface area contributed by atoms with Crippen molar-refractivity contribution in [2.75, 3.05) is 14.2 Å². The van der Waals surface area contributed by atoms with E-state index in [0.29, 0.717) is 16.7 Å². The summed E-state index contributed by atoms with van der Waals surface area (Å²) < 4.78 is 22.1. The summed E-state index contributed by atoms with van der Waals surface area (Å²) >= 11 is 0. The van der Waals surface area contributed by atoms with Crippen LogP contribution >= 0.6 is 0 Å². The van der Waals surface area contributed by atoms with E-state index in [2.05, 4.69) is 0 Å². The monoisotopic (exact) mass is 476 g/mol. The number of hydrogen-bond acceptors (Lipinski definition) is 7. The Morgan fingerprint density at radius 3 is 1.31 bits per heavy atom. The fourth-order valence-corrected chi connectivity index (χ4v) is 3.67. The van der Waals surface area contributed by atoms with Gasteiger partial charge in [-0.05, 0) is 23.6 Å². The predicted octanol–water partition coefficient (Wildman–Crippen LogP) is 4.55. The molecule has 0 aliphatic heterocycles. The maximum atomic E-state index is 13.2. The highest BCUT2D eigenvalue weighted by molar-refractivity contribution is 5.86. The summed E-state index contributed by atoms with van der Waals surface area (Å²) in [4.78, 5) is 38.9. The molecule has 0 aromatic heterocycles. The zero-order valence-electron chi connectivity index (χ0n) is 19.8. The van der Waals surface area contributed by atoms with Crippen molar-refractivity contribution in [2.24, 2.45) is 0 Å². The van der Waals surface area contributed by atoms with E-state index in [-0.39, 0.29) is 0 Å². The Kier molecular flexibility index (Phi) is 9.29. The van der Waals surface area contributed by atoms with Crippen LogP contribution in [0.25, 0.3) is 0 Å². The summed E-state index contributed by atoms with van der Waals surface area (Å²) in [6.07, 6.45) is -4.67. The Bertz CT molecular complexity index is 1100. The number of ketones is 1. The first-order chi connectivity index (χ1) is 17.0. The van der Waals surface area contributed by atoms with E-state index in [9.17, 15) is 14.4 Å². The lowest BCUT2D eigenvalue weighted by Crippen LogP contribution is -2.37. The molecule has 0 fully saturated rings. The van der Waals surface area contributed by atoms with E-state index < -0.39 is 42.1 Å². The van der Waals surface area contributed by atoms with Crippen molar-refractivity contribution >= 4 is 17.7 Å². The molecule has 3 rings (SSSR count). The van der Waals surface area contributed by atoms with Crippen LogP contribution in [0.4, 0.5) is 0 Å². The summed E-state index contributed by atoms with van der Waals surface area (Å²) in [5, 5.41) is 0. The zero-order valence-corrected chi connectivity index (χ0v) is 19.8. The van der Waals surface area contributed by atoms with Crippen molar-refractivity contribution in [2.45, 2.75) is 31.3 Å². The highest BCUT2D eigenvalue weighted by Gasteiger charge is 2.38. The number of carbonyl (C=O) groups is 3. The van der Waals surface area contributed by atoms with E-state index in [4.69, 9.17) is 18.9 Å². The molecule has 7 heteroatoms. The predicted molar refractivity (Wildman–Crippen MR) is 128 cm³/mol. The smallest absolute Gasteiger partial charge is 0.340 e. The van der Waals surface area contributed by atoms with Crippen LogP contribution in [-0.4, -0.2) is 38.0 Å². The largest absolute Gasteiger partial charge is 0.451 e. The van der Waals surface area contributed by atoms with E-state index in [1.54, 1.807) is 78.9 Å². The topological polar surface area (TPSA) is 88.1 Å². The van der Waals surface area contributed by atoms with Crippen LogP contribution in [0.3, 0.4) is 0 Å². The summed E-state index contributed by atoms with van der Waals surface area (Å²) in [6.45, 7) is 1.27. The molecule has 0 aliphatic carbocycles. The van der Waals surface area contributed by atoms with Crippen LogP contribution in [0.15, 0.2) is 91.0 Å². The third-order valence-electron chi connectivity index (χ3n) is 5.39. The van der Waals surface area contributed by atoms with Gasteiger partial charge in [0, 0.05) is 14.2 Å². The average Bonchev–Trinajstić information content (AvgIpc) is 2.88. The van der Waals surface area contributed by atoms with Gasteiger partial charge in [0.15, 0.2) is 24.1 Å². The van der Waals surface area contributed by atoms with Crippen LogP contribution in [0, 0.1) is 0 Å². The lowest BCUT2D eigenvalue weighted by Gasteiger charge is -2.28.